The van der Waals surface area contributed by atoms with Crippen LogP contribution in [0.3, 0.4) is 0 Å². The lowest BCUT2D eigenvalue weighted by Crippen LogP contribution is -2.21. The summed E-state index contributed by atoms with van der Waals surface area (Å²) in [5.74, 6) is 3.56. The van der Waals surface area contributed by atoms with Gasteiger partial charge in [-0.05, 0) is 19.3 Å². The van der Waals surface area contributed by atoms with Crippen LogP contribution in [0.2, 0.25) is 0 Å². The summed E-state index contributed by atoms with van der Waals surface area (Å²) in [4.78, 5) is 11.1. The third-order valence-electron chi connectivity index (χ3n) is 2.83. The van der Waals surface area contributed by atoms with E-state index in [0.29, 0.717) is 0 Å². The summed E-state index contributed by atoms with van der Waals surface area (Å²) in [7, 11) is 1.89. The van der Waals surface area contributed by atoms with Crippen molar-refractivity contribution < 1.29 is 0 Å². The van der Waals surface area contributed by atoms with Gasteiger partial charge >= 0.3 is 0 Å². The molecule has 4 heteroatoms. The monoisotopic (exact) mass is 206 g/mol. The molecule has 4 nitrogen and oxygen atoms in total. The zero-order chi connectivity index (χ0) is 10.8. The smallest absolute Gasteiger partial charge is 0.134 e. The van der Waals surface area contributed by atoms with Gasteiger partial charge in [0.1, 0.15) is 17.5 Å². The highest BCUT2D eigenvalue weighted by Gasteiger charge is 2.20. The summed E-state index contributed by atoms with van der Waals surface area (Å²) in [6.45, 7) is 6.44. The minimum atomic E-state index is 0.776. The summed E-state index contributed by atoms with van der Waals surface area (Å²) in [5.41, 5.74) is 0. The first-order valence-electron chi connectivity index (χ1n) is 5.47. The minimum Gasteiger partial charge on any atom is -0.373 e. The number of rotatable bonds is 2. The summed E-state index contributed by atoms with van der Waals surface area (Å²) in [5, 5.41) is 3.07. The maximum atomic E-state index is 4.47. The molecule has 1 aromatic rings. The van der Waals surface area contributed by atoms with Crippen LogP contribution in [0.1, 0.15) is 19.2 Å². The molecular formula is C11H18N4. The van der Waals surface area contributed by atoms with E-state index >= 15 is 0 Å². The second-order valence-corrected chi connectivity index (χ2v) is 4.25. The molecule has 0 aliphatic carbocycles. The zero-order valence-corrected chi connectivity index (χ0v) is 9.62. The maximum absolute atomic E-state index is 4.47. The van der Waals surface area contributed by atoms with Crippen LogP contribution in [0.5, 0.6) is 0 Å². The molecule has 15 heavy (non-hydrogen) atoms. The van der Waals surface area contributed by atoms with Crippen LogP contribution in [-0.4, -0.2) is 30.1 Å². The maximum Gasteiger partial charge on any atom is 0.134 e. The Kier molecular flexibility index (Phi) is 2.75. The Hall–Kier alpha value is -1.32. The van der Waals surface area contributed by atoms with Crippen LogP contribution in [0.4, 0.5) is 11.6 Å². The molecule has 1 aliphatic heterocycles. The molecule has 1 unspecified atom stereocenters. The van der Waals surface area contributed by atoms with Gasteiger partial charge in [-0.1, -0.05) is 6.92 Å². The lowest BCUT2D eigenvalue weighted by Gasteiger charge is -2.17. The highest BCUT2D eigenvalue weighted by molar-refractivity contribution is 5.49. The fraction of sp³-hybridized carbons (Fsp3) is 0.636. The number of nitrogens with zero attached hydrogens (tertiary/aromatic N) is 3. The van der Waals surface area contributed by atoms with Crippen molar-refractivity contribution >= 4 is 11.6 Å². The van der Waals surface area contributed by atoms with Gasteiger partial charge in [0.05, 0.1) is 0 Å². The zero-order valence-electron chi connectivity index (χ0n) is 9.62. The summed E-state index contributed by atoms with van der Waals surface area (Å²) in [6, 6.07) is 2.02. The van der Waals surface area contributed by atoms with E-state index in [0.717, 1.165) is 36.5 Å². The summed E-state index contributed by atoms with van der Waals surface area (Å²) >= 11 is 0. The van der Waals surface area contributed by atoms with E-state index in [2.05, 4.69) is 27.1 Å². The molecule has 0 bridgehead atoms. The lowest BCUT2D eigenvalue weighted by atomic mass is 10.2. The van der Waals surface area contributed by atoms with Crippen molar-refractivity contribution in [3.63, 3.8) is 0 Å². The highest BCUT2D eigenvalue weighted by atomic mass is 15.2. The average molecular weight is 206 g/mol. The van der Waals surface area contributed by atoms with E-state index < -0.39 is 0 Å². The van der Waals surface area contributed by atoms with Gasteiger partial charge < -0.3 is 10.2 Å². The third kappa shape index (κ3) is 2.19. The molecule has 0 aromatic carbocycles. The molecule has 2 heterocycles. The van der Waals surface area contributed by atoms with Crippen LogP contribution >= 0.6 is 0 Å². The van der Waals surface area contributed by atoms with Crippen LogP contribution < -0.4 is 10.2 Å². The number of nitrogens with one attached hydrogen (secondary N) is 1. The summed E-state index contributed by atoms with van der Waals surface area (Å²) < 4.78 is 0. The van der Waals surface area contributed by atoms with Gasteiger partial charge in [-0.15, -0.1) is 0 Å². The first-order chi connectivity index (χ1) is 7.19. The van der Waals surface area contributed by atoms with E-state index in [9.17, 15) is 0 Å². The molecular weight excluding hydrogens is 188 g/mol. The van der Waals surface area contributed by atoms with Crippen molar-refractivity contribution in [3.05, 3.63) is 11.9 Å². The first kappa shape index (κ1) is 10.2. The molecule has 1 atom stereocenters. The fourth-order valence-corrected chi connectivity index (χ4v) is 1.99. The van der Waals surface area contributed by atoms with Gasteiger partial charge in [-0.2, -0.15) is 0 Å². The van der Waals surface area contributed by atoms with E-state index in [4.69, 9.17) is 0 Å². The van der Waals surface area contributed by atoms with Gasteiger partial charge in [-0.3, -0.25) is 0 Å². The van der Waals surface area contributed by atoms with Crippen LogP contribution in [0.25, 0.3) is 0 Å². The van der Waals surface area contributed by atoms with Gasteiger partial charge in [0.2, 0.25) is 0 Å². The summed E-state index contributed by atoms with van der Waals surface area (Å²) in [6.07, 6.45) is 1.26. The predicted octanol–water partition coefficient (Wildman–Crippen LogP) is 1.67. The molecule has 82 valence electrons. The van der Waals surface area contributed by atoms with E-state index in [1.165, 1.54) is 6.42 Å². The molecule has 1 fully saturated rings. The number of hydrogen-bond acceptors (Lipinski definition) is 4. The van der Waals surface area contributed by atoms with Crippen LogP contribution in [0, 0.1) is 12.8 Å². The molecule has 1 N–H and O–H groups in total. The Morgan fingerprint density at radius 2 is 2.27 bits per heavy atom. The average Bonchev–Trinajstić information content (AvgIpc) is 2.64. The molecule has 0 radical (unpaired) electrons. The van der Waals surface area contributed by atoms with E-state index in [-0.39, 0.29) is 0 Å². The third-order valence-corrected chi connectivity index (χ3v) is 2.83. The molecule has 1 saturated heterocycles. The topological polar surface area (TPSA) is 41.0 Å². The standard InChI is InChI=1S/C11H18N4/c1-8-4-5-15(7-8)11-6-10(12-3)13-9(2)14-11/h6,8H,4-5,7H2,1-3H3,(H,12,13,14). The fourth-order valence-electron chi connectivity index (χ4n) is 1.99. The van der Waals surface area contributed by atoms with E-state index in [1.807, 2.05) is 20.0 Å². The van der Waals surface area contributed by atoms with Crippen molar-refractivity contribution in [2.24, 2.45) is 5.92 Å². The molecule has 0 spiro atoms. The molecule has 0 saturated carbocycles. The number of hydrogen-bond donors (Lipinski definition) is 1. The van der Waals surface area contributed by atoms with Crippen LogP contribution in [0.15, 0.2) is 6.07 Å². The highest BCUT2D eigenvalue weighted by Crippen LogP contribution is 2.23. The van der Waals surface area contributed by atoms with Crippen molar-refractivity contribution in [2.45, 2.75) is 20.3 Å². The molecule has 0 amide bonds. The van der Waals surface area contributed by atoms with E-state index in [1.54, 1.807) is 0 Å². The Morgan fingerprint density at radius 3 is 2.87 bits per heavy atom. The van der Waals surface area contributed by atoms with Gasteiger partial charge in [0.25, 0.3) is 0 Å². The van der Waals surface area contributed by atoms with Crippen molar-refractivity contribution in [1.29, 1.82) is 0 Å². The molecule has 1 aliphatic rings. The first-order valence-corrected chi connectivity index (χ1v) is 5.47. The van der Waals surface area contributed by atoms with Crippen molar-refractivity contribution in [2.75, 3.05) is 30.4 Å². The Balaban J connectivity index is 2.24. The molecule has 2 rings (SSSR count). The quantitative estimate of drug-likeness (QED) is 0.799. The van der Waals surface area contributed by atoms with Gasteiger partial charge in [0, 0.05) is 26.2 Å². The molecule has 1 aromatic heterocycles. The van der Waals surface area contributed by atoms with Gasteiger partial charge in [-0.25, -0.2) is 9.97 Å². The SMILES string of the molecule is CNc1cc(N2CCC(C)C2)nc(C)n1. The Labute approximate surface area is 90.7 Å². The van der Waals surface area contributed by atoms with Gasteiger partial charge in [0.15, 0.2) is 0 Å². The Bertz CT molecular complexity index is 350. The van der Waals surface area contributed by atoms with Crippen molar-refractivity contribution in [3.8, 4) is 0 Å². The van der Waals surface area contributed by atoms with Crippen molar-refractivity contribution in [1.82, 2.24) is 9.97 Å². The number of aromatic nitrogens is 2. The van der Waals surface area contributed by atoms with Crippen LogP contribution in [-0.2, 0) is 0 Å². The number of aryl methyl sites for hydroxylation is 1. The predicted molar refractivity (Wildman–Crippen MR) is 62.3 cm³/mol. The Morgan fingerprint density at radius 1 is 1.47 bits per heavy atom. The second kappa shape index (κ2) is 4.04. The second-order valence-electron chi connectivity index (χ2n) is 4.25. The minimum absolute atomic E-state index is 0.776. The largest absolute Gasteiger partial charge is 0.373 e. The number of anilines is 2. The lowest BCUT2D eigenvalue weighted by molar-refractivity contribution is 0.658. The normalized spacial score (nSPS) is 20.7.